The van der Waals surface area contributed by atoms with Crippen molar-refractivity contribution in [3.05, 3.63) is 58.9 Å². The first-order valence-corrected chi connectivity index (χ1v) is 12.9. The monoisotopic (exact) mass is 560 g/mol. The zero-order valence-electron chi connectivity index (χ0n) is 24.0. The van der Waals surface area contributed by atoms with Gasteiger partial charge in [-0.25, -0.2) is 4.79 Å². The number of ketones is 2. The fourth-order valence-corrected chi connectivity index (χ4v) is 5.03. The van der Waals surface area contributed by atoms with Crippen LogP contribution in [0.1, 0.15) is 34.1 Å². The molecule has 11 heteroatoms. The summed E-state index contributed by atoms with van der Waals surface area (Å²) in [5, 5.41) is 13.3. The summed E-state index contributed by atoms with van der Waals surface area (Å²) in [4.78, 5) is 50.3. The molecule has 220 valence electrons. The smallest absolute Gasteiger partial charge is 0.405 e. The number of aliphatic hydroxyl groups is 1. The molecule has 0 spiro atoms. The number of Topliss-reactive ketones (excluding diaryl/α,β-unsaturated/α-hetero) is 1. The van der Waals surface area contributed by atoms with Crippen molar-refractivity contribution in [2.24, 2.45) is 17.6 Å². The van der Waals surface area contributed by atoms with Crippen molar-refractivity contribution in [2.45, 2.75) is 64.6 Å². The molecule has 7 atom stereocenters. The van der Waals surface area contributed by atoms with E-state index >= 15 is 0 Å². The van der Waals surface area contributed by atoms with Crippen LogP contribution in [0, 0.1) is 11.8 Å². The van der Waals surface area contributed by atoms with E-state index in [1.54, 1.807) is 20.1 Å². The van der Waals surface area contributed by atoms with Gasteiger partial charge < -0.3 is 35.1 Å². The predicted molar refractivity (Wildman–Crippen MR) is 147 cm³/mol. The number of allylic oxidation sites excluding steroid dienone is 5. The third kappa shape index (κ3) is 8.31. The summed E-state index contributed by atoms with van der Waals surface area (Å²) in [5.74, 6) is -2.20. The molecule has 0 unspecified atom stereocenters. The second kappa shape index (κ2) is 14.8. The first kappa shape index (κ1) is 32.8. The van der Waals surface area contributed by atoms with E-state index < -0.39 is 54.1 Å². The van der Waals surface area contributed by atoms with Gasteiger partial charge in [0.1, 0.15) is 6.10 Å². The number of carbonyl (C=O) groups excluding carboxylic acids is 4. The molecule has 2 bridgehead atoms. The van der Waals surface area contributed by atoms with Crippen LogP contribution in [0.5, 0.6) is 0 Å². The van der Waals surface area contributed by atoms with Crippen molar-refractivity contribution in [2.75, 3.05) is 21.3 Å². The van der Waals surface area contributed by atoms with Gasteiger partial charge in [-0.15, -0.1) is 0 Å². The fraction of sp³-hybridized carbons (Fsp3) is 0.517. The lowest BCUT2D eigenvalue weighted by Gasteiger charge is -2.34. The number of hydrogen-bond donors (Lipinski definition) is 3. The van der Waals surface area contributed by atoms with Gasteiger partial charge in [0.15, 0.2) is 11.9 Å². The second-order valence-corrected chi connectivity index (χ2v) is 10.0. The van der Waals surface area contributed by atoms with Gasteiger partial charge in [0.25, 0.3) is 5.91 Å². The zero-order chi connectivity index (χ0) is 30.1. The lowest BCUT2D eigenvalue weighted by Crippen LogP contribution is -2.41. The van der Waals surface area contributed by atoms with Crippen LogP contribution in [-0.4, -0.2) is 80.5 Å². The van der Waals surface area contributed by atoms with E-state index in [0.717, 1.165) is 6.08 Å². The minimum absolute atomic E-state index is 0.124. The third-order valence-corrected chi connectivity index (χ3v) is 7.02. The van der Waals surface area contributed by atoms with E-state index in [2.05, 4.69) is 5.32 Å². The summed E-state index contributed by atoms with van der Waals surface area (Å²) in [6, 6.07) is 0. The van der Waals surface area contributed by atoms with Crippen molar-refractivity contribution < 1.29 is 43.2 Å². The van der Waals surface area contributed by atoms with E-state index in [1.807, 2.05) is 13.8 Å². The molecule has 1 heterocycles. The van der Waals surface area contributed by atoms with Crippen LogP contribution >= 0.6 is 0 Å². The number of methoxy groups -OCH3 is 3. The minimum Gasteiger partial charge on any atom is -0.439 e. The van der Waals surface area contributed by atoms with Crippen LogP contribution in [0.2, 0.25) is 0 Å². The minimum atomic E-state index is -1.29. The highest BCUT2D eigenvalue weighted by Crippen LogP contribution is 2.29. The van der Waals surface area contributed by atoms with Gasteiger partial charge in [0.2, 0.25) is 5.78 Å². The van der Waals surface area contributed by atoms with Crippen molar-refractivity contribution in [1.29, 1.82) is 0 Å². The third-order valence-electron chi connectivity index (χ3n) is 7.02. The van der Waals surface area contributed by atoms with Gasteiger partial charge in [0, 0.05) is 44.5 Å². The lowest BCUT2D eigenvalue weighted by molar-refractivity contribution is -0.120. The normalized spacial score (nSPS) is 34.4. The van der Waals surface area contributed by atoms with Crippen LogP contribution < -0.4 is 11.1 Å². The Balaban J connectivity index is 2.62. The largest absolute Gasteiger partial charge is 0.439 e. The van der Waals surface area contributed by atoms with E-state index in [4.69, 9.17) is 24.7 Å². The predicted octanol–water partition coefficient (Wildman–Crippen LogP) is 2.06. The number of carbonyl (C=O) groups is 4. The van der Waals surface area contributed by atoms with Crippen molar-refractivity contribution in [3.8, 4) is 0 Å². The Hall–Kier alpha value is -3.38. The standard InChI is InChI=1S/C29H40N2O9/c1-15-9-8-10-22(33)26(40-29(30)36)16(2)11-17(3)27(39-7)23(37-5)12-18(4)25(38-6)20-13-19(32)14-21(24(20)34)31-28(15)35/h8-11,13-14,17-18,22-23,25-27,33H,12H2,1-7H3,(H2,30,36)(H,31,35)/b10-8-,15-9+,16-11+/t17-,18-,22-,23-,25+,26-,27+/m0/s1. The number of hydrogen-bond acceptors (Lipinski definition) is 9. The molecule has 4 N–H and O–H groups in total. The SMILES string of the molecule is CO[C@H]1[C@@H](OC)C[C@H](C)[C@@H](OC)C2=CC(=O)C=C(NC(=O)/C(C)=C/C=C\[C@H](O)[C@@H](OC(N)=O)/C(C)=C/[C@@H]1C)C2=O. The molecule has 0 saturated heterocycles. The lowest BCUT2D eigenvalue weighted by atomic mass is 9.84. The molecular formula is C29H40N2O9. The average molecular weight is 561 g/mol. The summed E-state index contributed by atoms with van der Waals surface area (Å²) in [7, 11) is 4.52. The molecule has 0 radical (unpaired) electrons. The van der Waals surface area contributed by atoms with E-state index in [1.165, 1.54) is 45.4 Å². The van der Waals surface area contributed by atoms with Crippen LogP contribution in [0.4, 0.5) is 4.79 Å². The number of nitrogens with two attached hydrogens (primary N) is 1. The number of ether oxygens (including phenoxy) is 4. The Morgan fingerprint density at radius 1 is 1.02 bits per heavy atom. The summed E-state index contributed by atoms with van der Waals surface area (Å²) >= 11 is 0. The van der Waals surface area contributed by atoms with E-state index in [-0.39, 0.29) is 28.7 Å². The van der Waals surface area contributed by atoms with Gasteiger partial charge in [-0.1, -0.05) is 38.2 Å². The zero-order valence-corrected chi connectivity index (χ0v) is 24.0. The topological polar surface area (TPSA) is 163 Å². The molecule has 0 aromatic carbocycles. The Labute approximate surface area is 234 Å². The molecular weight excluding hydrogens is 520 g/mol. The fourth-order valence-electron chi connectivity index (χ4n) is 5.03. The highest BCUT2D eigenvalue weighted by molar-refractivity contribution is 6.22. The van der Waals surface area contributed by atoms with Crippen molar-refractivity contribution in [3.63, 3.8) is 0 Å². The maximum Gasteiger partial charge on any atom is 0.405 e. The number of nitrogens with one attached hydrogen (secondary N) is 1. The van der Waals surface area contributed by atoms with Gasteiger partial charge in [0.05, 0.1) is 24.0 Å². The van der Waals surface area contributed by atoms with Gasteiger partial charge in [-0.05, 0) is 37.8 Å². The maximum absolute atomic E-state index is 13.3. The number of aliphatic hydroxyl groups excluding tert-OH is 1. The van der Waals surface area contributed by atoms with Crippen LogP contribution in [0.15, 0.2) is 58.9 Å². The Kier molecular flexibility index (Phi) is 12.2. The molecule has 2 aliphatic rings. The van der Waals surface area contributed by atoms with Gasteiger partial charge in [-0.2, -0.15) is 0 Å². The molecule has 2 amide bonds. The van der Waals surface area contributed by atoms with Crippen LogP contribution in [0.25, 0.3) is 0 Å². The average Bonchev–Trinajstić information content (AvgIpc) is 2.88. The quantitative estimate of drug-likeness (QED) is 0.345. The molecule has 0 saturated carbocycles. The van der Waals surface area contributed by atoms with Crippen LogP contribution in [-0.2, 0) is 33.3 Å². The summed E-state index contributed by atoms with van der Waals surface area (Å²) in [5.41, 5.74) is 5.93. The first-order valence-electron chi connectivity index (χ1n) is 12.9. The molecule has 1 aliphatic carbocycles. The number of rotatable bonds is 4. The molecule has 1 aliphatic heterocycles. The van der Waals surface area contributed by atoms with Gasteiger partial charge >= 0.3 is 6.09 Å². The summed E-state index contributed by atoms with van der Waals surface area (Å²) in [6.45, 7) is 6.95. The molecule has 40 heavy (non-hydrogen) atoms. The van der Waals surface area contributed by atoms with Crippen LogP contribution in [0.3, 0.4) is 0 Å². The van der Waals surface area contributed by atoms with Crippen molar-refractivity contribution >= 4 is 23.6 Å². The summed E-state index contributed by atoms with van der Waals surface area (Å²) in [6.07, 6.45) is 3.44. The Bertz CT molecular complexity index is 1130. The second-order valence-electron chi connectivity index (χ2n) is 10.0. The van der Waals surface area contributed by atoms with Gasteiger partial charge in [-0.3, -0.25) is 14.4 Å². The van der Waals surface area contributed by atoms with Crippen molar-refractivity contribution in [1.82, 2.24) is 5.32 Å². The highest BCUT2D eigenvalue weighted by Gasteiger charge is 2.36. The molecule has 0 aromatic heterocycles. The maximum atomic E-state index is 13.3. The molecule has 0 fully saturated rings. The molecule has 2 rings (SSSR count). The number of primary amides is 1. The highest BCUT2D eigenvalue weighted by atomic mass is 16.6. The Morgan fingerprint density at radius 3 is 2.27 bits per heavy atom. The Morgan fingerprint density at radius 2 is 1.70 bits per heavy atom. The van der Waals surface area contributed by atoms with E-state index in [9.17, 15) is 24.3 Å². The molecule has 11 nitrogen and oxygen atoms in total. The first-order chi connectivity index (χ1) is 18.8. The van der Waals surface area contributed by atoms with E-state index in [0.29, 0.717) is 12.0 Å². The number of fused-ring (bicyclic) bond motifs is 2. The number of amides is 2. The summed E-state index contributed by atoms with van der Waals surface area (Å²) < 4.78 is 22.5. The molecule has 0 aromatic rings.